The van der Waals surface area contributed by atoms with Gasteiger partial charge in [-0.05, 0) is 37.5 Å². The Morgan fingerprint density at radius 2 is 1.80 bits per heavy atom. The minimum absolute atomic E-state index is 0.0817. The Labute approximate surface area is 120 Å². The summed E-state index contributed by atoms with van der Waals surface area (Å²) in [5.41, 5.74) is -0.463. The van der Waals surface area contributed by atoms with Gasteiger partial charge in [0.25, 0.3) is 0 Å². The highest BCUT2D eigenvalue weighted by atomic mass is 32.2. The molecule has 0 aliphatic rings. The Kier molecular flexibility index (Phi) is 5.30. The van der Waals surface area contributed by atoms with E-state index >= 15 is 0 Å². The van der Waals surface area contributed by atoms with Crippen molar-refractivity contribution < 1.29 is 18.3 Å². The van der Waals surface area contributed by atoms with Gasteiger partial charge in [0, 0.05) is 0 Å². The Morgan fingerprint density at radius 3 is 2.20 bits per heavy atom. The predicted molar refractivity (Wildman–Crippen MR) is 77.1 cm³/mol. The highest BCUT2D eigenvalue weighted by molar-refractivity contribution is 7.89. The van der Waals surface area contributed by atoms with Crippen molar-refractivity contribution in [3.05, 3.63) is 29.8 Å². The molecule has 0 bridgehead atoms. The van der Waals surface area contributed by atoms with Crippen LogP contribution < -0.4 is 4.72 Å². The van der Waals surface area contributed by atoms with Gasteiger partial charge in [-0.1, -0.05) is 32.4 Å². The molecule has 0 heterocycles. The topological polar surface area (TPSA) is 83.5 Å². The van der Waals surface area contributed by atoms with Crippen LogP contribution in [0.15, 0.2) is 29.2 Å². The van der Waals surface area contributed by atoms with Gasteiger partial charge in [-0.25, -0.2) is 8.42 Å². The Balaban J connectivity index is 3.06. The fourth-order valence-corrected chi connectivity index (χ4v) is 3.36. The maximum atomic E-state index is 12.3. The standard InChI is InChI=1S/C14H21NO4S/c1-4-10-14(3,13(16)17)15-20(18,19)12-8-6-11(5-2)7-9-12/h6-9,15H,4-5,10H2,1-3H3,(H,16,17). The number of hydrogen-bond donors (Lipinski definition) is 2. The molecule has 0 spiro atoms. The largest absolute Gasteiger partial charge is 0.480 e. The van der Waals surface area contributed by atoms with Crippen molar-refractivity contribution in [2.75, 3.05) is 0 Å². The molecular weight excluding hydrogens is 278 g/mol. The number of carboxylic acids is 1. The number of aryl methyl sites for hydroxylation is 1. The summed E-state index contributed by atoms with van der Waals surface area (Å²) in [6, 6.07) is 6.45. The number of rotatable bonds is 7. The number of sulfonamides is 1. The van der Waals surface area contributed by atoms with E-state index in [1.807, 2.05) is 13.8 Å². The van der Waals surface area contributed by atoms with Crippen LogP contribution in [0, 0.1) is 0 Å². The number of benzene rings is 1. The van der Waals surface area contributed by atoms with Crippen molar-refractivity contribution in [1.82, 2.24) is 4.72 Å². The third-order valence-corrected chi connectivity index (χ3v) is 4.84. The first-order valence-corrected chi connectivity index (χ1v) is 8.10. The Hall–Kier alpha value is -1.40. The van der Waals surface area contributed by atoms with Gasteiger partial charge in [0.05, 0.1) is 4.90 Å². The van der Waals surface area contributed by atoms with Crippen molar-refractivity contribution in [3.63, 3.8) is 0 Å². The molecule has 0 radical (unpaired) electrons. The summed E-state index contributed by atoms with van der Waals surface area (Å²) in [5, 5.41) is 9.23. The maximum Gasteiger partial charge on any atom is 0.324 e. The van der Waals surface area contributed by atoms with Crippen molar-refractivity contribution in [2.45, 2.75) is 50.5 Å². The van der Waals surface area contributed by atoms with Gasteiger partial charge in [-0.3, -0.25) is 4.79 Å². The van der Waals surface area contributed by atoms with Crippen molar-refractivity contribution >= 4 is 16.0 Å². The van der Waals surface area contributed by atoms with Crippen LogP contribution in [-0.4, -0.2) is 25.0 Å². The summed E-state index contributed by atoms with van der Waals surface area (Å²) in [4.78, 5) is 11.4. The molecular formula is C14H21NO4S. The molecule has 0 saturated heterocycles. The van der Waals surface area contributed by atoms with Gasteiger partial charge in [0.1, 0.15) is 5.54 Å². The van der Waals surface area contributed by atoms with Gasteiger partial charge in [0.2, 0.25) is 10.0 Å². The van der Waals surface area contributed by atoms with Crippen LogP contribution in [0.5, 0.6) is 0 Å². The van der Waals surface area contributed by atoms with Crippen molar-refractivity contribution in [1.29, 1.82) is 0 Å². The molecule has 2 N–H and O–H groups in total. The molecule has 6 heteroatoms. The molecule has 1 aromatic carbocycles. The van der Waals surface area contributed by atoms with Crippen LogP contribution in [-0.2, 0) is 21.2 Å². The van der Waals surface area contributed by atoms with E-state index in [0.29, 0.717) is 6.42 Å². The quantitative estimate of drug-likeness (QED) is 0.808. The lowest BCUT2D eigenvalue weighted by molar-refractivity contribution is -0.143. The molecule has 0 fully saturated rings. The number of carbonyl (C=O) groups is 1. The molecule has 0 aliphatic carbocycles. The average Bonchev–Trinajstić information content (AvgIpc) is 2.38. The molecule has 0 aromatic heterocycles. The summed E-state index contributed by atoms with van der Waals surface area (Å²) in [7, 11) is -3.84. The minimum atomic E-state index is -3.84. The van der Waals surface area contributed by atoms with Gasteiger partial charge in [-0.15, -0.1) is 0 Å². The number of hydrogen-bond acceptors (Lipinski definition) is 3. The van der Waals surface area contributed by atoms with Crippen molar-refractivity contribution in [2.24, 2.45) is 0 Å². The van der Waals surface area contributed by atoms with E-state index in [9.17, 15) is 18.3 Å². The Morgan fingerprint density at radius 1 is 1.25 bits per heavy atom. The molecule has 0 amide bonds. The summed E-state index contributed by atoms with van der Waals surface area (Å²) in [5.74, 6) is -1.17. The molecule has 0 aliphatic heterocycles. The van der Waals surface area contributed by atoms with E-state index in [4.69, 9.17) is 0 Å². The zero-order chi connectivity index (χ0) is 15.4. The molecule has 1 atom stereocenters. The Bertz CT molecular complexity index is 565. The first-order valence-electron chi connectivity index (χ1n) is 6.61. The van der Waals surface area contributed by atoms with Gasteiger partial charge < -0.3 is 5.11 Å². The first kappa shape index (κ1) is 16.7. The summed E-state index contributed by atoms with van der Waals surface area (Å²) < 4.78 is 26.8. The normalized spacial score (nSPS) is 14.8. The minimum Gasteiger partial charge on any atom is -0.480 e. The second-order valence-corrected chi connectivity index (χ2v) is 6.67. The number of nitrogens with one attached hydrogen (secondary N) is 1. The fraction of sp³-hybridized carbons (Fsp3) is 0.500. The smallest absolute Gasteiger partial charge is 0.324 e. The van der Waals surface area contributed by atoms with Crippen LogP contribution in [0.25, 0.3) is 0 Å². The predicted octanol–water partition coefficient (Wildman–Crippen LogP) is 2.17. The molecule has 1 rings (SSSR count). The zero-order valence-corrected chi connectivity index (χ0v) is 12.8. The third-order valence-electron chi connectivity index (χ3n) is 3.22. The molecule has 5 nitrogen and oxygen atoms in total. The van der Waals surface area contributed by atoms with E-state index in [2.05, 4.69) is 4.72 Å². The lowest BCUT2D eigenvalue weighted by Crippen LogP contribution is -2.51. The van der Waals surface area contributed by atoms with Gasteiger partial charge in [0.15, 0.2) is 0 Å². The second-order valence-electron chi connectivity index (χ2n) is 4.99. The lowest BCUT2D eigenvalue weighted by atomic mass is 9.98. The van der Waals surface area contributed by atoms with E-state index in [1.54, 1.807) is 12.1 Å². The summed E-state index contributed by atoms with van der Waals surface area (Å²) in [6.07, 6.45) is 1.62. The van der Waals surface area contributed by atoms with E-state index in [1.165, 1.54) is 19.1 Å². The highest BCUT2D eigenvalue weighted by Crippen LogP contribution is 2.18. The molecule has 20 heavy (non-hydrogen) atoms. The van der Waals surface area contributed by atoms with Gasteiger partial charge in [-0.2, -0.15) is 4.72 Å². The molecule has 1 aromatic rings. The molecule has 1 unspecified atom stereocenters. The first-order chi connectivity index (χ1) is 9.25. The maximum absolute atomic E-state index is 12.3. The SMILES string of the molecule is CCCC(C)(NS(=O)(=O)c1ccc(CC)cc1)C(=O)O. The van der Waals surface area contributed by atoms with Crippen LogP contribution in [0.2, 0.25) is 0 Å². The highest BCUT2D eigenvalue weighted by Gasteiger charge is 2.36. The van der Waals surface area contributed by atoms with Crippen LogP contribution in [0.3, 0.4) is 0 Å². The number of aliphatic carboxylic acids is 1. The van der Waals surface area contributed by atoms with E-state index < -0.39 is 21.5 Å². The van der Waals surface area contributed by atoms with E-state index in [-0.39, 0.29) is 11.3 Å². The molecule has 112 valence electrons. The zero-order valence-electron chi connectivity index (χ0n) is 12.0. The van der Waals surface area contributed by atoms with Gasteiger partial charge >= 0.3 is 5.97 Å². The summed E-state index contributed by atoms with van der Waals surface area (Å²) in [6.45, 7) is 5.17. The average molecular weight is 299 g/mol. The lowest BCUT2D eigenvalue weighted by Gasteiger charge is -2.25. The third kappa shape index (κ3) is 3.80. The van der Waals surface area contributed by atoms with Crippen molar-refractivity contribution in [3.8, 4) is 0 Å². The second kappa shape index (κ2) is 6.37. The van der Waals surface area contributed by atoms with E-state index in [0.717, 1.165) is 12.0 Å². The van der Waals surface area contributed by atoms with Crippen LogP contribution >= 0.6 is 0 Å². The molecule has 0 saturated carbocycles. The van der Waals surface area contributed by atoms with Crippen LogP contribution in [0.4, 0.5) is 0 Å². The van der Waals surface area contributed by atoms with Crippen LogP contribution in [0.1, 0.15) is 39.2 Å². The summed E-state index contributed by atoms with van der Waals surface area (Å²) >= 11 is 0. The fourth-order valence-electron chi connectivity index (χ4n) is 1.96. The monoisotopic (exact) mass is 299 g/mol. The number of carboxylic acid groups (broad SMARTS) is 1.